The second-order valence-electron chi connectivity index (χ2n) is 7.96. The summed E-state index contributed by atoms with van der Waals surface area (Å²) in [6.07, 6.45) is 3.55. The van der Waals surface area contributed by atoms with E-state index in [2.05, 4.69) is 74.4 Å². The molecule has 1 amide bonds. The van der Waals surface area contributed by atoms with Gasteiger partial charge in [-0.2, -0.15) is 5.26 Å². The van der Waals surface area contributed by atoms with E-state index < -0.39 is 0 Å². The number of amides is 1. The molecule has 0 radical (unpaired) electrons. The minimum Gasteiger partial charge on any atom is -0.367 e. The fourth-order valence-electron chi connectivity index (χ4n) is 3.75. The third-order valence-electron chi connectivity index (χ3n) is 5.52. The first-order valence-corrected chi connectivity index (χ1v) is 12.3. The molecule has 0 unspecified atom stereocenters. The molecule has 1 fully saturated rings. The maximum Gasteiger partial charge on any atom is 0.228 e. The van der Waals surface area contributed by atoms with Gasteiger partial charge in [0.15, 0.2) is 0 Å². The van der Waals surface area contributed by atoms with Gasteiger partial charge in [-0.1, -0.05) is 17.7 Å². The van der Waals surface area contributed by atoms with Crippen molar-refractivity contribution in [2.75, 3.05) is 18.4 Å². The van der Waals surface area contributed by atoms with Gasteiger partial charge in [0.05, 0.1) is 21.9 Å². The molecular formula is C24H20IN5OS. The van der Waals surface area contributed by atoms with Crippen molar-refractivity contribution in [3.05, 3.63) is 56.1 Å². The molecule has 2 N–H and O–H groups in total. The Morgan fingerprint density at radius 3 is 2.81 bits per heavy atom. The second-order valence-corrected chi connectivity index (χ2v) is 10.1. The summed E-state index contributed by atoms with van der Waals surface area (Å²) in [5.41, 5.74) is 4.59. The number of hydrogen-bond donors (Lipinski definition) is 2. The average molecular weight is 553 g/mol. The van der Waals surface area contributed by atoms with E-state index in [0.29, 0.717) is 11.4 Å². The van der Waals surface area contributed by atoms with Crippen molar-refractivity contribution >= 4 is 51.5 Å². The number of halogens is 1. The van der Waals surface area contributed by atoms with Gasteiger partial charge in [0, 0.05) is 27.8 Å². The van der Waals surface area contributed by atoms with Gasteiger partial charge in [0.2, 0.25) is 5.91 Å². The smallest absolute Gasteiger partial charge is 0.228 e. The van der Waals surface area contributed by atoms with Crippen LogP contribution in [-0.2, 0) is 4.79 Å². The van der Waals surface area contributed by atoms with Gasteiger partial charge in [-0.3, -0.25) is 9.79 Å². The number of aromatic nitrogens is 1. The fraction of sp³-hybridized carbons (Fsp3) is 0.250. The van der Waals surface area contributed by atoms with Crippen molar-refractivity contribution < 1.29 is 4.79 Å². The fourth-order valence-corrected chi connectivity index (χ4v) is 5.94. The monoisotopic (exact) mass is 553 g/mol. The van der Waals surface area contributed by atoms with Crippen LogP contribution in [0.5, 0.6) is 0 Å². The Kier molecular flexibility index (Phi) is 5.69. The van der Waals surface area contributed by atoms with Crippen LogP contribution in [0.15, 0.2) is 41.5 Å². The standard InChI is InChI=1S/C24H20IN5OS/c1-13-2-5-16(18(25)10-13)20-17(12-26)21(32-22(20)23-28-8-9-29-23)15-6-7-27-19(11-15)30-24(31)14-3-4-14/h2,5-7,10-11,14H,3-4,8-9H2,1H3,(H,28,29)(H,27,30,31). The summed E-state index contributed by atoms with van der Waals surface area (Å²) >= 11 is 3.89. The lowest BCUT2D eigenvalue weighted by molar-refractivity contribution is -0.117. The molecule has 8 heteroatoms. The lowest BCUT2D eigenvalue weighted by Crippen LogP contribution is -2.19. The summed E-state index contributed by atoms with van der Waals surface area (Å²) in [7, 11) is 0. The highest BCUT2D eigenvalue weighted by Crippen LogP contribution is 2.44. The van der Waals surface area contributed by atoms with Crippen molar-refractivity contribution in [2.24, 2.45) is 10.9 Å². The van der Waals surface area contributed by atoms with Gasteiger partial charge in [-0.25, -0.2) is 4.98 Å². The van der Waals surface area contributed by atoms with E-state index in [0.717, 1.165) is 61.8 Å². The summed E-state index contributed by atoms with van der Waals surface area (Å²) < 4.78 is 1.09. The third-order valence-corrected chi connectivity index (χ3v) is 7.66. The Hall–Kier alpha value is -2.77. The topological polar surface area (TPSA) is 90.2 Å². The summed E-state index contributed by atoms with van der Waals surface area (Å²) in [5.74, 6) is 1.47. The van der Waals surface area contributed by atoms with Crippen LogP contribution in [0.25, 0.3) is 21.6 Å². The molecular weight excluding hydrogens is 533 g/mol. The lowest BCUT2D eigenvalue weighted by Gasteiger charge is -2.09. The molecule has 0 bridgehead atoms. The average Bonchev–Trinajstić information content (AvgIpc) is 3.36. The number of thiophene rings is 1. The van der Waals surface area contributed by atoms with Crippen LogP contribution in [0.1, 0.15) is 28.8 Å². The number of nitrogens with one attached hydrogen (secondary N) is 2. The molecule has 5 rings (SSSR count). The number of carbonyl (C=O) groups excluding carboxylic acids is 1. The first-order valence-electron chi connectivity index (χ1n) is 10.4. The molecule has 1 aliphatic heterocycles. The van der Waals surface area contributed by atoms with Crippen molar-refractivity contribution in [2.45, 2.75) is 19.8 Å². The molecule has 32 heavy (non-hydrogen) atoms. The van der Waals surface area contributed by atoms with E-state index in [4.69, 9.17) is 0 Å². The number of benzene rings is 1. The number of aryl methyl sites for hydroxylation is 1. The lowest BCUT2D eigenvalue weighted by atomic mass is 9.97. The summed E-state index contributed by atoms with van der Waals surface area (Å²) in [6, 6.07) is 12.5. The van der Waals surface area contributed by atoms with Gasteiger partial charge in [0.1, 0.15) is 17.7 Å². The van der Waals surface area contributed by atoms with Crippen LogP contribution in [0.2, 0.25) is 0 Å². The number of aliphatic imine (C=N–C) groups is 1. The first-order chi connectivity index (χ1) is 15.5. The Balaban J connectivity index is 1.65. The molecule has 2 aromatic heterocycles. The van der Waals surface area contributed by atoms with E-state index in [9.17, 15) is 10.1 Å². The maximum atomic E-state index is 12.2. The zero-order valence-corrected chi connectivity index (χ0v) is 20.4. The summed E-state index contributed by atoms with van der Waals surface area (Å²) in [5, 5.41) is 16.5. The zero-order valence-electron chi connectivity index (χ0n) is 17.4. The van der Waals surface area contributed by atoms with Gasteiger partial charge >= 0.3 is 0 Å². The molecule has 1 saturated carbocycles. The Morgan fingerprint density at radius 2 is 2.12 bits per heavy atom. The molecule has 1 aliphatic carbocycles. The van der Waals surface area contributed by atoms with Gasteiger partial charge in [0.25, 0.3) is 0 Å². The minimum absolute atomic E-state index is 0.0152. The van der Waals surface area contributed by atoms with E-state index >= 15 is 0 Å². The van der Waals surface area contributed by atoms with Crippen LogP contribution in [0.3, 0.4) is 0 Å². The number of nitriles is 1. The SMILES string of the molecule is Cc1ccc(-c2c(C3=NCCN3)sc(-c3ccnc(NC(=O)C4CC4)c3)c2C#N)c(I)c1. The second kappa shape index (κ2) is 8.64. The molecule has 0 atom stereocenters. The maximum absolute atomic E-state index is 12.2. The highest BCUT2D eigenvalue weighted by Gasteiger charge is 2.30. The molecule has 160 valence electrons. The molecule has 0 saturated heterocycles. The Bertz CT molecular complexity index is 1300. The largest absolute Gasteiger partial charge is 0.367 e. The summed E-state index contributed by atoms with van der Waals surface area (Å²) in [4.78, 5) is 23.0. The van der Waals surface area contributed by atoms with E-state index in [-0.39, 0.29) is 11.8 Å². The number of anilines is 1. The number of hydrogen-bond acceptors (Lipinski definition) is 6. The van der Waals surface area contributed by atoms with E-state index in [1.165, 1.54) is 5.56 Å². The van der Waals surface area contributed by atoms with Crippen molar-refractivity contribution in [1.29, 1.82) is 5.26 Å². The number of rotatable bonds is 5. The predicted molar refractivity (Wildman–Crippen MR) is 136 cm³/mol. The van der Waals surface area contributed by atoms with Crippen molar-refractivity contribution in [3.63, 3.8) is 0 Å². The number of carbonyl (C=O) groups is 1. The van der Waals surface area contributed by atoms with Crippen LogP contribution in [0, 0.1) is 27.7 Å². The van der Waals surface area contributed by atoms with Crippen LogP contribution in [-0.4, -0.2) is 29.8 Å². The predicted octanol–water partition coefficient (Wildman–Crippen LogP) is 4.96. The first kappa shape index (κ1) is 21.1. The Morgan fingerprint density at radius 1 is 1.28 bits per heavy atom. The minimum atomic E-state index is 0.0152. The van der Waals surface area contributed by atoms with Gasteiger partial charge in [-0.05, 0) is 71.7 Å². The molecule has 2 aliphatic rings. The molecule has 1 aromatic carbocycles. The van der Waals surface area contributed by atoms with Gasteiger partial charge < -0.3 is 10.6 Å². The highest BCUT2D eigenvalue weighted by atomic mass is 127. The van der Waals surface area contributed by atoms with Crippen molar-refractivity contribution in [1.82, 2.24) is 10.3 Å². The van der Waals surface area contributed by atoms with Crippen molar-refractivity contribution in [3.8, 4) is 27.6 Å². The third kappa shape index (κ3) is 4.02. The number of pyridine rings is 1. The van der Waals surface area contributed by atoms with E-state index in [1.54, 1.807) is 17.5 Å². The number of nitrogens with zero attached hydrogens (tertiary/aromatic N) is 3. The normalized spacial score (nSPS) is 15.1. The molecule has 0 spiro atoms. The molecule has 3 aromatic rings. The molecule has 6 nitrogen and oxygen atoms in total. The summed E-state index contributed by atoms with van der Waals surface area (Å²) in [6.45, 7) is 3.58. The van der Waals surface area contributed by atoms with E-state index in [1.807, 2.05) is 12.1 Å². The van der Waals surface area contributed by atoms with Crippen LogP contribution < -0.4 is 10.6 Å². The van der Waals surface area contributed by atoms with Crippen LogP contribution in [0.4, 0.5) is 5.82 Å². The van der Waals surface area contributed by atoms with Crippen LogP contribution >= 0.6 is 33.9 Å². The zero-order chi connectivity index (χ0) is 22.2. The molecule has 3 heterocycles. The quantitative estimate of drug-likeness (QED) is 0.438. The number of amidine groups is 1. The highest BCUT2D eigenvalue weighted by molar-refractivity contribution is 14.1. The van der Waals surface area contributed by atoms with Gasteiger partial charge in [-0.15, -0.1) is 11.3 Å². The Labute approximate surface area is 203 Å².